The molecule has 1 saturated heterocycles. The van der Waals surface area contributed by atoms with E-state index in [4.69, 9.17) is 4.74 Å². The first-order valence-electron chi connectivity index (χ1n) is 8.60. The van der Waals surface area contributed by atoms with Gasteiger partial charge in [-0.05, 0) is 54.9 Å². The Morgan fingerprint density at radius 2 is 2.18 bits per heavy atom. The molecular formula is C19H25NO2. The van der Waals surface area contributed by atoms with Gasteiger partial charge in [-0.15, -0.1) is 0 Å². The van der Waals surface area contributed by atoms with Gasteiger partial charge in [0.2, 0.25) is 5.91 Å². The van der Waals surface area contributed by atoms with Crippen LogP contribution in [0.15, 0.2) is 18.2 Å². The Kier molecular flexibility index (Phi) is 3.21. The summed E-state index contributed by atoms with van der Waals surface area (Å²) in [5.74, 6) is 1.87. The van der Waals surface area contributed by atoms with E-state index in [0.29, 0.717) is 12.0 Å². The molecule has 3 nitrogen and oxygen atoms in total. The first-order chi connectivity index (χ1) is 10.7. The van der Waals surface area contributed by atoms with Crippen LogP contribution in [-0.4, -0.2) is 30.5 Å². The van der Waals surface area contributed by atoms with Crippen molar-refractivity contribution in [3.8, 4) is 5.75 Å². The lowest BCUT2D eigenvalue weighted by atomic mass is 9.52. The molecule has 0 N–H and O–H groups in total. The van der Waals surface area contributed by atoms with E-state index in [1.807, 2.05) is 0 Å². The van der Waals surface area contributed by atoms with Gasteiger partial charge in [-0.25, -0.2) is 0 Å². The predicted octanol–water partition coefficient (Wildman–Crippen LogP) is 3.30. The zero-order valence-electron chi connectivity index (χ0n) is 13.6. The molecule has 1 aromatic rings. The minimum absolute atomic E-state index is 0.251. The fraction of sp³-hybridized carbons (Fsp3) is 0.632. The molecule has 1 aliphatic heterocycles. The van der Waals surface area contributed by atoms with Gasteiger partial charge in [-0.2, -0.15) is 0 Å². The molecule has 2 aliphatic carbocycles. The number of hydrogen-bond acceptors (Lipinski definition) is 2. The largest absolute Gasteiger partial charge is 0.497 e. The van der Waals surface area contributed by atoms with E-state index in [1.54, 1.807) is 14.0 Å². The van der Waals surface area contributed by atoms with Gasteiger partial charge in [-0.3, -0.25) is 4.79 Å². The number of amides is 1. The first-order valence-corrected chi connectivity index (χ1v) is 8.60. The van der Waals surface area contributed by atoms with Crippen LogP contribution in [0.3, 0.4) is 0 Å². The monoisotopic (exact) mass is 299 g/mol. The van der Waals surface area contributed by atoms with Gasteiger partial charge in [0.15, 0.2) is 0 Å². The lowest BCUT2D eigenvalue weighted by molar-refractivity contribution is -0.138. The second-order valence-electron chi connectivity index (χ2n) is 7.27. The van der Waals surface area contributed by atoms with Gasteiger partial charge in [0.25, 0.3) is 0 Å². The maximum Gasteiger partial charge on any atom is 0.219 e. The van der Waals surface area contributed by atoms with E-state index >= 15 is 0 Å². The van der Waals surface area contributed by atoms with Crippen LogP contribution in [0.5, 0.6) is 5.75 Å². The number of piperidine rings is 1. The fourth-order valence-corrected chi connectivity index (χ4v) is 5.50. The van der Waals surface area contributed by atoms with Crippen molar-refractivity contribution in [1.82, 2.24) is 4.90 Å². The highest BCUT2D eigenvalue weighted by Crippen LogP contribution is 2.56. The average molecular weight is 299 g/mol. The fourth-order valence-electron chi connectivity index (χ4n) is 5.50. The molecule has 118 valence electrons. The van der Waals surface area contributed by atoms with Crippen LogP contribution in [0.4, 0.5) is 0 Å². The third-order valence-electron chi connectivity index (χ3n) is 6.45. The van der Waals surface area contributed by atoms with Crippen molar-refractivity contribution < 1.29 is 9.53 Å². The summed E-state index contributed by atoms with van der Waals surface area (Å²) in [4.78, 5) is 14.2. The smallest absolute Gasteiger partial charge is 0.219 e. The molecule has 1 heterocycles. The van der Waals surface area contributed by atoms with Crippen molar-refractivity contribution >= 4 is 5.91 Å². The molecule has 2 bridgehead atoms. The molecule has 0 radical (unpaired) electrons. The van der Waals surface area contributed by atoms with Gasteiger partial charge >= 0.3 is 0 Å². The molecule has 22 heavy (non-hydrogen) atoms. The average Bonchev–Trinajstić information content (AvgIpc) is 2.54. The molecular weight excluding hydrogens is 274 g/mol. The number of nitrogens with zero attached hydrogens (tertiary/aromatic N) is 1. The summed E-state index contributed by atoms with van der Waals surface area (Å²) in [5.41, 5.74) is 3.25. The quantitative estimate of drug-likeness (QED) is 0.796. The van der Waals surface area contributed by atoms with Crippen LogP contribution in [0.2, 0.25) is 0 Å². The zero-order valence-corrected chi connectivity index (χ0v) is 13.6. The molecule has 3 aliphatic rings. The molecule has 0 aromatic heterocycles. The van der Waals surface area contributed by atoms with Crippen LogP contribution < -0.4 is 4.74 Å². The van der Waals surface area contributed by atoms with E-state index in [0.717, 1.165) is 25.1 Å². The number of methoxy groups -OCH3 is 1. The predicted molar refractivity (Wildman–Crippen MR) is 86.1 cm³/mol. The Morgan fingerprint density at radius 1 is 1.32 bits per heavy atom. The van der Waals surface area contributed by atoms with Crippen molar-refractivity contribution in [1.29, 1.82) is 0 Å². The van der Waals surface area contributed by atoms with Crippen molar-refractivity contribution in [2.45, 2.75) is 56.9 Å². The van der Waals surface area contributed by atoms with E-state index in [1.165, 1.54) is 36.8 Å². The second kappa shape index (κ2) is 5.00. The van der Waals surface area contributed by atoms with Gasteiger partial charge in [0, 0.05) is 24.9 Å². The van der Waals surface area contributed by atoms with Crippen LogP contribution in [0.1, 0.15) is 50.2 Å². The van der Waals surface area contributed by atoms with Crippen LogP contribution in [0, 0.1) is 5.92 Å². The van der Waals surface area contributed by atoms with E-state index < -0.39 is 0 Å². The molecule has 2 fully saturated rings. The van der Waals surface area contributed by atoms with E-state index in [-0.39, 0.29) is 11.3 Å². The number of fused-ring (bicyclic) bond motifs is 1. The minimum Gasteiger partial charge on any atom is -0.497 e. The number of benzene rings is 1. The third-order valence-corrected chi connectivity index (χ3v) is 6.45. The second-order valence-corrected chi connectivity index (χ2v) is 7.27. The van der Waals surface area contributed by atoms with Gasteiger partial charge in [0.05, 0.1) is 7.11 Å². The summed E-state index contributed by atoms with van der Waals surface area (Å²) < 4.78 is 5.49. The normalized spacial score (nSPS) is 32.9. The number of ether oxygens (including phenoxy) is 1. The van der Waals surface area contributed by atoms with Crippen molar-refractivity contribution in [2.75, 3.05) is 13.7 Å². The number of carbonyl (C=O) groups excluding carboxylic acids is 1. The maximum atomic E-state index is 12.1. The maximum absolute atomic E-state index is 12.1. The summed E-state index contributed by atoms with van der Waals surface area (Å²) >= 11 is 0. The van der Waals surface area contributed by atoms with Gasteiger partial charge in [0.1, 0.15) is 5.75 Å². The highest BCUT2D eigenvalue weighted by atomic mass is 16.5. The Labute approximate surface area is 132 Å². The Balaban J connectivity index is 1.85. The SMILES string of the molecule is COc1ccc2c(c1)C13CCCCC1C(C2)N(C(C)=O)CC3. The standard InChI is InChI=1S/C19H25NO2/c1-13(21)20-10-9-19-8-4-3-5-16(19)18(20)11-14-6-7-15(22-2)12-17(14)19/h6-7,12,16,18H,3-5,8-11H2,1-2H3. The summed E-state index contributed by atoms with van der Waals surface area (Å²) in [6.45, 7) is 2.66. The van der Waals surface area contributed by atoms with Crippen molar-refractivity contribution in [3.05, 3.63) is 29.3 Å². The van der Waals surface area contributed by atoms with Crippen LogP contribution in [-0.2, 0) is 16.6 Å². The lowest BCUT2D eigenvalue weighted by Gasteiger charge is -2.59. The highest BCUT2D eigenvalue weighted by Gasteiger charge is 2.54. The topological polar surface area (TPSA) is 29.5 Å². The van der Waals surface area contributed by atoms with Gasteiger partial charge in [-0.1, -0.05) is 18.9 Å². The van der Waals surface area contributed by atoms with Gasteiger partial charge < -0.3 is 9.64 Å². The molecule has 0 spiro atoms. The van der Waals surface area contributed by atoms with Crippen molar-refractivity contribution in [2.24, 2.45) is 5.92 Å². The Bertz CT molecular complexity index is 611. The minimum atomic E-state index is 0.251. The highest BCUT2D eigenvalue weighted by molar-refractivity contribution is 5.74. The summed E-state index contributed by atoms with van der Waals surface area (Å²) in [6.07, 6.45) is 7.32. The molecule has 3 atom stereocenters. The number of rotatable bonds is 1. The Morgan fingerprint density at radius 3 is 2.95 bits per heavy atom. The third kappa shape index (κ3) is 1.84. The molecule has 3 unspecified atom stereocenters. The number of hydrogen-bond donors (Lipinski definition) is 0. The zero-order chi connectivity index (χ0) is 15.3. The first kappa shape index (κ1) is 14.1. The summed E-state index contributed by atoms with van der Waals surface area (Å²) in [5, 5.41) is 0. The lowest BCUT2D eigenvalue weighted by Crippen LogP contribution is -2.61. The summed E-state index contributed by atoms with van der Waals surface area (Å²) in [7, 11) is 1.75. The van der Waals surface area contributed by atoms with E-state index in [9.17, 15) is 4.79 Å². The Hall–Kier alpha value is -1.51. The molecule has 1 amide bonds. The van der Waals surface area contributed by atoms with Crippen LogP contribution >= 0.6 is 0 Å². The molecule has 1 aromatic carbocycles. The molecule has 1 saturated carbocycles. The van der Waals surface area contributed by atoms with Crippen LogP contribution in [0.25, 0.3) is 0 Å². The summed E-state index contributed by atoms with van der Waals surface area (Å²) in [6, 6.07) is 7.00. The number of carbonyl (C=O) groups is 1. The molecule has 4 rings (SSSR count). The number of likely N-dealkylation sites (tertiary alicyclic amines) is 1. The molecule has 3 heteroatoms. The van der Waals surface area contributed by atoms with E-state index in [2.05, 4.69) is 23.1 Å². The van der Waals surface area contributed by atoms with Crippen molar-refractivity contribution in [3.63, 3.8) is 0 Å².